The summed E-state index contributed by atoms with van der Waals surface area (Å²) in [5.41, 5.74) is 1.06. The maximum atomic E-state index is 12.1. The second kappa shape index (κ2) is 5.49. The van der Waals surface area contributed by atoms with E-state index in [2.05, 4.69) is 4.85 Å². The smallest absolute Gasteiger partial charge is 0.306 e. The van der Waals surface area contributed by atoms with Gasteiger partial charge in [0.25, 0.3) is 0 Å². The van der Waals surface area contributed by atoms with Gasteiger partial charge in [-0.3, -0.25) is 4.79 Å². The number of carbonyl (C=O) groups is 1. The quantitative estimate of drug-likeness (QED) is 0.727. The summed E-state index contributed by atoms with van der Waals surface area (Å²) in [6.45, 7) is 8.82. The SMILES string of the molecule is [C-]#[N+]C(Cc1ccccc1)C(=O)N1CCCC1. The van der Waals surface area contributed by atoms with Crippen LogP contribution >= 0.6 is 0 Å². The Kier molecular flexibility index (Phi) is 3.77. The lowest BCUT2D eigenvalue weighted by atomic mass is 10.1. The number of likely N-dealkylation sites (tertiary alicyclic amines) is 1. The van der Waals surface area contributed by atoms with Crippen molar-refractivity contribution in [2.75, 3.05) is 13.1 Å². The number of carbonyl (C=O) groups excluding carboxylic acids is 1. The maximum Gasteiger partial charge on any atom is 0.306 e. The van der Waals surface area contributed by atoms with E-state index >= 15 is 0 Å². The van der Waals surface area contributed by atoms with Gasteiger partial charge in [-0.2, -0.15) is 0 Å². The Labute approximate surface area is 102 Å². The van der Waals surface area contributed by atoms with Crippen molar-refractivity contribution in [2.45, 2.75) is 25.3 Å². The van der Waals surface area contributed by atoms with Crippen molar-refractivity contribution in [1.29, 1.82) is 0 Å². The van der Waals surface area contributed by atoms with E-state index in [1.54, 1.807) is 0 Å². The number of hydrogen-bond acceptors (Lipinski definition) is 1. The highest BCUT2D eigenvalue weighted by molar-refractivity contribution is 5.84. The Morgan fingerprint density at radius 3 is 2.53 bits per heavy atom. The second-order valence-corrected chi connectivity index (χ2v) is 4.37. The molecule has 0 saturated carbocycles. The minimum Gasteiger partial charge on any atom is -0.336 e. The molecule has 3 heteroatoms. The molecule has 2 rings (SSSR count). The number of amides is 1. The van der Waals surface area contributed by atoms with Crippen LogP contribution in [0.4, 0.5) is 0 Å². The summed E-state index contributed by atoms with van der Waals surface area (Å²) in [6.07, 6.45) is 2.67. The second-order valence-electron chi connectivity index (χ2n) is 4.37. The van der Waals surface area contributed by atoms with Gasteiger partial charge in [0.05, 0.1) is 6.42 Å². The molecule has 1 fully saturated rings. The molecule has 1 aliphatic rings. The summed E-state index contributed by atoms with van der Waals surface area (Å²) >= 11 is 0. The van der Waals surface area contributed by atoms with Gasteiger partial charge in [0.2, 0.25) is 0 Å². The first-order chi connectivity index (χ1) is 8.31. The highest BCUT2D eigenvalue weighted by atomic mass is 16.2. The van der Waals surface area contributed by atoms with Crippen LogP contribution in [0.3, 0.4) is 0 Å². The minimum absolute atomic E-state index is 0.00125. The summed E-state index contributed by atoms with van der Waals surface area (Å²) in [4.78, 5) is 17.4. The van der Waals surface area contributed by atoms with E-state index in [0.29, 0.717) is 6.42 Å². The van der Waals surface area contributed by atoms with Gasteiger partial charge in [-0.25, -0.2) is 6.57 Å². The van der Waals surface area contributed by atoms with Crippen LogP contribution in [-0.4, -0.2) is 29.9 Å². The molecule has 1 amide bonds. The standard InChI is InChI=1S/C14H16N2O/c1-15-13(11-12-7-3-2-4-8-12)14(17)16-9-5-6-10-16/h2-4,7-8,13H,5-6,9-11H2. The highest BCUT2D eigenvalue weighted by Crippen LogP contribution is 2.13. The molecule has 0 spiro atoms. The maximum absolute atomic E-state index is 12.1. The van der Waals surface area contributed by atoms with Gasteiger partial charge in [-0.1, -0.05) is 30.3 Å². The summed E-state index contributed by atoms with van der Waals surface area (Å²) in [6, 6.07) is 9.21. The fourth-order valence-electron chi connectivity index (χ4n) is 2.17. The molecule has 0 aromatic heterocycles. The van der Waals surface area contributed by atoms with Crippen LogP contribution in [-0.2, 0) is 11.2 Å². The predicted octanol–water partition coefficient (Wildman–Crippen LogP) is 2.14. The van der Waals surface area contributed by atoms with Gasteiger partial charge >= 0.3 is 11.9 Å². The van der Waals surface area contributed by atoms with Gasteiger partial charge < -0.3 is 9.74 Å². The number of hydrogen-bond donors (Lipinski definition) is 0. The molecule has 3 nitrogen and oxygen atoms in total. The van der Waals surface area contributed by atoms with E-state index in [4.69, 9.17) is 6.57 Å². The lowest BCUT2D eigenvalue weighted by Crippen LogP contribution is -2.36. The number of rotatable bonds is 3. The minimum atomic E-state index is -0.546. The average Bonchev–Trinajstić information content (AvgIpc) is 2.90. The molecule has 1 aliphatic heterocycles. The van der Waals surface area contributed by atoms with Crippen LogP contribution in [0.5, 0.6) is 0 Å². The fraction of sp³-hybridized carbons (Fsp3) is 0.429. The molecule has 88 valence electrons. The Morgan fingerprint density at radius 2 is 1.94 bits per heavy atom. The first-order valence-corrected chi connectivity index (χ1v) is 6.00. The van der Waals surface area contributed by atoms with Crippen LogP contribution in [0.1, 0.15) is 18.4 Å². The molecule has 1 atom stereocenters. The molecular formula is C14H16N2O. The van der Waals surface area contributed by atoms with E-state index in [-0.39, 0.29) is 5.91 Å². The zero-order valence-electron chi connectivity index (χ0n) is 9.80. The summed E-state index contributed by atoms with van der Waals surface area (Å²) in [5, 5.41) is 0. The molecule has 17 heavy (non-hydrogen) atoms. The van der Waals surface area contributed by atoms with Crippen molar-refractivity contribution >= 4 is 5.91 Å². The van der Waals surface area contributed by atoms with Crippen LogP contribution in [0, 0.1) is 6.57 Å². The monoisotopic (exact) mass is 228 g/mol. The Bertz CT molecular complexity index is 416. The number of nitrogens with zero attached hydrogens (tertiary/aromatic N) is 2. The molecule has 0 radical (unpaired) electrons. The zero-order chi connectivity index (χ0) is 12.1. The molecule has 0 aliphatic carbocycles. The van der Waals surface area contributed by atoms with Gasteiger partial charge in [0, 0.05) is 13.1 Å². The lowest BCUT2D eigenvalue weighted by molar-refractivity contribution is -0.130. The first kappa shape index (κ1) is 11.7. The van der Waals surface area contributed by atoms with Crippen molar-refractivity contribution in [1.82, 2.24) is 4.90 Å². The third kappa shape index (κ3) is 2.85. The molecule has 0 bridgehead atoms. The average molecular weight is 228 g/mol. The van der Waals surface area contributed by atoms with E-state index < -0.39 is 6.04 Å². The van der Waals surface area contributed by atoms with E-state index in [9.17, 15) is 4.79 Å². The molecular weight excluding hydrogens is 212 g/mol. The highest BCUT2D eigenvalue weighted by Gasteiger charge is 2.30. The van der Waals surface area contributed by atoms with Crippen molar-refractivity contribution < 1.29 is 4.79 Å². The number of benzene rings is 1. The Balaban J connectivity index is 2.02. The predicted molar refractivity (Wildman–Crippen MR) is 66.4 cm³/mol. The van der Waals surface area contributed by atoms with Crippen molar-refractivity contribution in [2.24, 2.45) is 0 Å². The summed E-state index contributed by atoms with van der Waals surface area (Å²) in [7, 11) is 0. The molecule has 1 saturated heterocycles. The molecule has 1 heterocycles. The van der Waals surface area contributed by atoms with Gasteiger partial charge in [0.1, 0.15) is 0 Å². The van der Waals surface area contributed by atoms with Crippen LogP contribution in [0.15, 0.2) is 30.3 Å². The molecule has 0 N–H and O–H groups in total. The van der Waals surface area contributed by atoms with E-state index in [0.717, 1.165) is 31.5 Å². The van der Waals surface area contributed by atoms with Crippen molar-refractivity contribution in [3.05, 3.63) is 47.3 Å². The Morgan fingerprint density at radius 1 is 1.29 bits per heavy atom. The largest absolute Gasteiger partial charge is 0.336 e. The summed E-state index contributed by atoms with van der Waals surface area (Å²) in [5.74, 6) is 0.00125. The van der Waals surface area contributed by atoms with Gasteiger partial charge in [-0.15, -0.1) is 0 Å². The van der Waals surface area contributed by atoms with E-state index in [1.165, 1.54) is 0 Å². The normalized spacial score (nSPS) is 16.5. The van der Waals surface area contributed by atoms with Crippen LogP contribution < -0.4 is 0 Å². The first-order valence-electron chi connectivity index (χ1n) is 6.00. The van der Waals surface area contributed by atoms with Crippen molar-refractivity contribution in [3.8, 4) is 0 Å². The van der Waals surface area contributed by atoms with E-state index in [1.807, 2.05) is 35.2 Å². The zero-order valence-corrected chi connectivity index (χ0v) is 9.80. The van der Waals surface area contributed by atoms with Gasteiger partial charge in [-0.05, 0) is 18.4 Å². The van der Waals surface area contributed by atoms with Crippen LogP contribution in [0.25, 0.3) is 4.85 Å². The van der Waals surface area contributed by atoms with Gasteiger partial charge in [0.15, 0.2) is 0 Å². The summed E-state index contributed by atoms with van der Waals surface area (Å²) < 4.78 is 0. The van der Waals surface area contributed by atoms with Crippen molar-refractivity contribution in [3.63, 3.8) is 0 Å². The topological polar surface area (TPSA) is 24.7 Å². The fourth-order valence-corrected chi connectivity index (χ4v) is 2.17. The molecule has 1 aromatic carbocycles. The lowest BCUT2D eigenvalue weighted by Gasteiger charge is -2.16. The van der Waals surface area contributed by atoms with Crippen LogP contribution in [0.2, 0.25) is 0 Å². The molecule has 1 aromatic rings. The molecule has 1 unspecified atom stereocenters. The third-order valence-corrected chi connectivity index (χ3v) is 3.13. The Hall–Kier alpha value is -1.82. The third-order valence-electron chi connectivity index (χ3n) is 3.13.